The van der Waals surface area contributed by atoms with Crippen molar-refractivity contribution in [2.24, 2.45) is 0 Å². The number of amides is 1. The first-order chi connectivity index (χ1) is 10.1. The topological polar surface area (TPSA) is 51.2 Å². The Labute approximate surface area is 127 Å². The number of hydrogen-bond donors (Lipinski definition) is 1. The first-order valence-corrected chi connectivity index (χ1v) is 6.57. The van der Waals surface area contributed by atoms with E-state index in [0.717, 1.165) is 18.3 Å². The van der Waals surface area contributed by atoms with Gasteiger partial charge in [-0.25, -0.2) is 9.78 Å². The van der Waals surface area contributed by atoms with Gasteiger partial charge in [-0.3, -0.25) is 0 Å². The van der Waals surface area contributed by atoms with Crippen molar-refractivity contribution in [3.05, 3.63) is 29.6 Å². The maximum Gasteiger partial charge on any atom is 0.416 e. The Bertz CT molecular complexity index is 581. The molecule has 0 bridgehead atoms. The molecule has 1 rings (SSSR count). The van der Waals surface area contributed by atoms with Crippen LogP contribution in [0.2, 0.25) is 0 Å². The van der Waals surface area contributed by atoms with Crippen molar-refractivity contribution in [2.75, 3.05) is 6.54 Å². The summed E-state index contributed by atoms with van der Waals surface area (Å²) in [4.78, 5) is 15.1. The van der Waals surface area contributed by atoms with Gasteiger partial charge < -0.3 is 10.1 Å². The highest BCUT2D eigenvalue weighted by atomic mass is 19.4. The maximum atomic E-state index is 12.5. The third-order valence-corrected chi connectivity index (χ3v) is 2.22. The fourth-order valence-electron chi connectivity index (χ4n) is 1.37. The van der Waals surface area contributed by atoms with Crippen LogP contribution < -0.4 is 5.32 Å². The van der Waals surface area contributed by atoms with Crippen molar-refractivity contribution >= 4 is 6.09 Å². The van der Waals surface area contributed by atoms with Gasteiger partial charge in [0.15, 0.2) is 0 Å². The fraction of sp³-hybridized carbons (Fsp3) is 0.467. The summed E-state index contributed by atoms with van der Waals surface area (Å²) in [5.41, 5.74) is -1.34. The van der Waals surface area contributed by atoms with Crippen LogP contribution in [-0.2, 0) is 10.9 Å². The lowest BCUT2D eigenvalue weighted by atomic mass is 10.2. The van der Waals surface area contributed by atoms with E-state index in [1.165, 1.54) is 0 Å². The van der Waals surface area contributed by atoms with Crippen LogP contribution >= 0.6 is 0 Å². The highest BCUT2D eigenvalue weighted by Gasteiger charge is 2.30. The normalized spacial score (nSPS) is 11.4. The van der Waals surface area contributed by atoms with Gasteiger partial charge in [0.25, 0.3) is 0 Å². The van der Waals surface area contributed by atoms with Crippen LogP contribution in [0.3, 0.4) is 0 Å². The highest BCUT2D eigenvalue weighted by molar-refractivity contribution is 5.67. The lowest BCUT2D eigenvalue weighted by molar-refractivity contribution is -0.137. The Balaban J connectivity index is 2.47. The third-order valence-electron chi connectivity index (χ3n) is 2.22. The molecule has 120 valence electrons. The number of alkyl halides is 3. The average Bonchev–Trinajstić information content (AvgIpc) is 2.35. The number of nitrogens with one attached hydrogen (secondary N) is 1. The Morgan fingerprint density at radius 1 is 1.36 bits per heavy atom. The zero-order chi connectivity index (χ0) is 16.8. The maximum absolute atomic E-state index is 12.5. The molecule has 0 fully saturated rings. The van der Waals surface area contributed by atoms with Gasteiger partial charge in [-0.1, -0.05) is 5.92 Å². The molecule has 1 aromatic rings. The van der Waals surface area contributed by atoms with E-state index in [-0.39, 0.29) is 18.7 Å². The molecule has 1 aromatic heterocycles. The first-order valence-electron chi connectivity index (χ1n) is 6.57. The molecule has 7 heteroatoms. The number of nitrogens with zero attached hydrogens (tertiary/aromatic N) is 1. The SMILES string of the molecule is CC(C)(C)OC(=O)NCCC#Cc1cc(C(F)(F)F)ccn1. The molecule has 22 heavy (non-hydrogen) atoms. The van der Waals surface area contributed by atoms with E-state index in [4.69, 9.17) is 4.74 Å². The second-order valence-corrected chi connectivity index (χ2v) is 5.41. The Morgan fingerprint density at radius 3 is 2.64 bits per heavy atom. The quantitative estimate of drug-likeness (QED) is 0.672. The first kappa shape index (κ1) is 17.8. The summed E-state index contributed by atoms with van der Waals surface area (Å²) in [5.74, 6) is 5.17. The van der Waals surface area contributed by atoms with Gasteiger partial charge in [-0.05, 0) is 38.8 Å². The molecule has 0 saturated carbocycles. The number of ether oxygens (including phenoxy) is 1. The van der Waals surface area contributed by atoms with Crippen LogP contribution in [0.5, 0.6) is 0 Å². The van der Waals surface area contributed by atoms with Crippen LogP contribution in [0.4, 0.5) is 18.0 Å². The highest BCUT2D eigenvalue weighted by Crippen LogP contribution is 2.28. The molecule has 4 nitrogen and oxygen atoms in total. The zero-order valence-electron chi connectivity index (χ0n) is 12.5. The monoisotopic (exact) mass is 314 g/mol. The third kappa shape index (κ3) is 6.97. The Kier molecular flexibility index (Phi) is 5.80. The molecular formula is C15H17F3N2O2. The van der Waals surface area contributed by atoms with Crippen LogP contribution in [0.25, 0.3) is 0 Å². The number of alkyl carbamates (subject to hydrolysis) is 1. The van der Waals surface area contributed by atoms with E-state index in [9.17, 15) is 18.0 Å². The van der Waals surface area contributed by atoms with Crippen molar-refractivity contribution in [3.63, 3.8) is 0 Å². The number of pyridine rings is 1. The van der Waals surface area contributed by atoms with Crippen LogP contribution in [0.1, 0.15) is 38.4 Å². The number of hydrogen-bond acceptors (Lipinski definition) is 3. The van der Waals surface area contributed by atoms with Crippen molar-refractivity contribution in [1.29, 1.82) is 0 Å². The minimum absolute atomic E-state index is 0.0343. The standard InChI is InChI=1S/C15H17F3N2O2/c1-14(2,3)22-13(21)20-8-5-4-6-12-10-11(7-9-19-12)15(16,17)18/h7,9-10H,5,8H2,1-3H3,(H,20,21). The lowest BCUT2D eigenvalue weighted by Crippen LogP contribution is -2.32. The summed E-state index contributed by atoms with van der Waals surface area (Å²) in [5, 5.41) is 2.50. The molecule has 1 heterocycles. The van der Waals surface area contributed by atoms with Gasteiger partial charge in [0, 0.05) is 19.2 Å². The second-order valence-electron chi connectivity index (χ2n) is 5.41. The molecule has 0 atom stereocenters. The van der Waals surface area contributed by atoms with E-state index in [1.807, 2.05) is 0 Å². The second kappa shape index (κ2) is 7.16. The van der Waals surface area contributed by atoms with Crippen molar-refractivity contribution < 1.29 is 22.7 Å². The molecule has 0 aliphatic heterocycles. The molecule has 1 N–H and O–H groups in total. The van der Waals surface area contributed by atoms with Gasteiger partial charge in [0.2, 0.25) is 0 Å². The van der Waals surface area contributed by atoms with E-state index >= 15 is 0 Å². The molecule has 0 radical (unpaired) electrons. The number of rotatable bonds is 2. The molecule has 1 amide bonds. The molecule has 0 unspecified atom stereocenters. The van der Waals surface area contributed by atoms with Crippen molar-refractivity contribution in [1.82, 2.24) is 10.3 Å². The lowest BCUT2D eigenvalue weighted by Gasteiger charge is -2.19. The minimum atomic E-state index is -4.42. The Morgan fingerprint density at radius 2 is 2.05 bits per heavy atom. The average molecular weight is 314 g/mol. The van der Waals surface area contributed by atoms with Crippen LogP contribution in [0, 0.1) is 11.8 Å². The van der Waals surface area contributed by atoms with Crippen LogP contribution in [-0.4, -0.2) is 23.2 Å². The van der Waals surface area contributed by atoms with Gasteiger partial charge in [-0.15, -0.1) is 0 Å². The summed E-state index contributed by atoms with van der Waals surface area (Å²) < 4.78 is 42.5. The van der Waals surface area contributed by atoms with Gasteiger partial charge in [-0.2, -0.15) is 13.2 Å². The largest absolute Gasteiger partial charge is 0.444 e. The molecule has 0 aromatic carbocycles. The molecule has 0 spiro atoms. The number of halogens is 3. The number of carbonyl (C=O) groups excluding carboxylic acids is 1. The van der Waals surface area contributed by atoms with Gasteiger partial charge in [0.05, 0.1) is 5.56 Å². The fourth-order valence-corrected chi connectivity index (χ4v) is 1.37. The molecule has 0 saturated heterocycles. The molecule has 0 aliphatic carbocycles. The van der Waals surface area contributed by atoms with Gasteiger partial charge >= 0.3 is 12.3 Å². The Hall–Kier alpha value is -2.23. The van der Waals surface area contributed by atoms with E-state index in [2.05, 4.69) is 22.1 Å². The smallest absolute Gasteiger partial charge is 0.416 e. The van der Waals surface area contributed by atoms with E-state index < -0.39 is 23.4 Å². The number of aromatic nitrogens is 1. The predicted octanol–water partition coefficient (Wildman–Crippen LogP) is 3.37. The van der Waals surface area contributed by atoms with Crippen molar-refractivity contribution in [2.45, 2.75) is 39.0 Å². The minimum Gasteiger partial charge on any atom is -0.444 e. The van der Waals surface area contributed by atoms with E-state index in [1.54, 1.807) is 20.8 Å². The predicted molar refractivity (Wildman–Crippen MR) is 75.0 cm³/mol. The summed E-state index contributed by atoms with van der Waals surface area (Å²) in [6.45, 7) is 5.46. The van der Waals surface area contributed by atoms with Crippen LogP contribution in [0.15, 0.2) is 18.3 Å². The summed E-state index contributed by atoms with van der Waals surface area (Å²) >= 11 is 0. The zero-order valence-corrected chi connectivity index (χ0v) is 12.5. The van der Waals surface area contributed by atoms with E-state index in [0.29, 0.717) is 0 Å². The van der Waals surface area contributed by atoms with Crippen molar-refractivity contribution in [3.8, 4) is 11.8 Å². The molecular weight excluding hydrogens is 297 g/mol. The summed E-state index contributed by atoms with van der Waals surface area (Å²) in [6.07, 6.45) is -3.65. The van der Waals surface area contributed by atoms with Gasteiger partial charge in [0.1, 0.15) is 11.3 Å². The summed E-state index contributed by atoms with van der Waals surface area (Å²) in [7, 11) is 0. The summed E-state index contributed by atoms with van der Waals surface area (Å²) in [6, 6.07) is 1.77. The number of carbonyl (C=O) groups is 1. The molecule has 0 aliphatic rings.